The van der Waals surface area contributed by atoms with Crippen LogP contribution in [0.3, 0.4) is 0 Å². The fraction of sp³-hybridized carbons (Fsp3) is 0.188. The van der Waals surface area contributed by atoms with Crippen LogP contribution in [0.5, 0.6) is 0 Å². The highest BCUT2D eigenvalue weighted by molar-refractivity contribution is 5.83. The zero-order chi connectivity index (χ0) is 24.5. The monoisotopic (exact) mass is 446 g/mol. The molecular weight excluding hydrogens is 412 g/mol. The number of para-hydroxylation sites is 1. The topological polar surface area (TPSA) is 6.48 Å². The van der Waals surface area contributed by atoms with Crippen molar-refractivity contribution in [2.45, 2.75) is 33.1 Å². The lowest BCUT2D eigenvalue weighted by molar-refractivity contribution is 0.660. The first-order valence-electron chi connectivity index (χ1n) is 11.8. The minimum atomic E-state index is -0.0432. The van der Waals surface area contributed by atoms with Crippen LogP contribution in [-0.4, -0.2) is 7.05 Å². The molecule has 0 aliphatic heterocycles. The molecule has 0 fully saturated rings. The highest BCUT2D eigenvalue weighted by Gasteiger charge is 2.35. The fourth-order valence-corrected chi connectivity index (χ4v) is 4.98. The number of anilines is 2. The van der Waals surface area contributed by atoms with E-state index in [1.54, 1.807) is 0 Å². The van der Waals surface area contributed by atoms with Gasteiger partial charge in [0.15, 0.2) is 0 Å². The van der Waals surface area contributed by atoms with Gasteiger partial charge < -0.3 is 9.80 Å². The summed E-state index contributed by atoms with van der Waals surface area (Å²) < 4.78 is 0. The van der Waals surface area contributed by atoms with Crippen LogP contribution in [0.25, 0.3) is 11.1 Å². The van der Waals surface area contributed by atoms with Crippen molar-refractivity contribution < 1.29 is 0 Å². The predicted molar refractivity (Wildman–Crippen MR) is 148 cm³/mol. The molecule has 0 saturated heterocycles. The van der Waals surface area contributed by atoms with Crippen LogP contribution >= 0.6 is 0 Å². The number of nitrogens with zero attached hydrogens (tertiary/aromatic N) is 2. The number of hydrogen-bond donors (Lipinski definition) is 0. The van der Waals surface area contributed by atoms with Crippen LogP contribution in [0.1, 0.15) is 38.8 Å². The van der Waals surface area contributed by atoms with Crippen molar-refractivity contribution >= 4 is 11.4 Å². The average Bonchev–Trinajstić information content (AvgIpc) is 3.06. The zero-order valence-corrected chi connectivity index (χ0v) is 21.0. The first-order valence-corrected chi connectivity index (χ1v) is 11.8. The summed E-state index contributed by atoms with van der Waals surface area (Å²) >= 11 is 0. The maximum Gasteiger partial charge on any atom is 0.0458 e. The third kappa shape index (κ3) is 4.12. The van der Waals surface area contributed by atoms with Gasteiger partial charge in [0.2, 0.25) is 0 Å². The molecule has 34 heavy (non-hydrogen) atoms. The molecule has 0 bridgehead atoms. The van der Waals surface area contributed by atoms with Gasteiger partial charge in [0.25, 0.3) is 0 Å². The van der Waals surface area contributed by atoms with Gasteiger partial charge in [-0.3, -0.25) is 0 Å². The zero-order valence-electron chi connectivity index (χ0n) is 21.0. The number of rotatable bonds is 7. The van der Waals surface area contributed by atoms with E-state index in [1.807, 2.05) is 37.4 Å². The van der Waals surface area contributed by atoms with E-state index in [4.69, 9.17) is 0 Å². The van der Waals surface area contributed by atoms with E-state index in [2.05, 4.69) is 111 Å². The Morgan fingerprint density at radius 2 is 1.44 bits per heavy atom. The Labute approximate surface area is 204 Å². The molecule has 0 spiro atoms. The average molecular weight is 447 g/mol. The molecule has 0 atom stereocenters. The van der Waals surface area contributed by atoms with Crippen molar-refractivity contribution in [3.63, 3.8) is 0 Å². The molecule has 0 saturated carbocycles. The minimum absolute atomic E-state index is 0.0432. The van der Waals surface area contributed by atoms with Gasteiger partial charge in [-0.05, 0) is 72.5 Å². The molecule has 3 aromatic carbocycles. The number of fused-ring (bicyclic) bond motifs is 3. The van der Waals surface area contributed by atoms with Crippen LogP contribution in [0.4, 0.5) is 11.4 Å². The van der Waals surface area contributed by atoms with Gasteiger partial charge in [0.05, 0.1) is 0 Å². The van der Waals surface area contributed by atoms with Crippen LogP contribution in [0.15, 0.2) is 121 Å². The second-order valence-electron chi connectivity index (χ2n) is 9.45. The second kappa shape index (κ2) is 9.23. The summed E-state index contributed by atoms with van der Waals surface area (Å²) in [5.41, 5.74) is 10.7. The van der Waals surface area contributed by atoms with E-state index in [1.165, 1.54) is 22.3 Å². The van der Waals surface area contributed by atoms with Gasteiger partial charge in [0, 0.05) is 40.9 Å². The van der Waals surface area contributed by atoms with E-state index in [0.717, 1.165) is 28.5 Å². The summed E-state index contributed by atoms with van der Waals surface area (Å²) in [6.07, 6.45) is 6.03. The Hall–Kier alpha value is -3.78. The van der Waals surface area contributed by atoms with Gasteiger partial charge in [-0.15, -0.1) is 0 Å². The number of likely N-dealkylation sites (N-methyl/N-ethyl adjacent to an activating group) is 1. The van der Waals surface area contributed by atoms with Crippen LogP contribution in [-0.2, 0) is 5.41 Å². The van der Waals surface area contributed by atoms with Gasteiger partial charge in [-0.1, -0.05) is 81.6 Å². The standard InChI is InChI=1S/C32H34N2/c1-8-14-23(2)34(25(4)21-24(3)33(7)26-15-10-9-11-16-26)27-19-20-29-28-17-12-13-18-30(28)32(5,6)31(29)22-27/h8-22H,1,3H2,2,4-7H3/b23-14+,25-21+. The molecule has 2 heteroatoms. The van der Waals surface area contributed by atoms with Crippen molar-refractivity contribution in [2.75, 3.05) is 16.8 Å². The normalized spacial score (nSPS) is 14.3. The highest BCUT2D eigenvalue weighted by Crippen LogP contribution is 2.49. The summed E-state index contributed by atoms with van der Waals surface area (Å²) in [7, 11) is 2.05. The smallest absolute Gasteiger partial charge is 0.0458 e. The first kappa shape index (κ1) is 23.4. The molecule has 172 valence electrons. The molecular formula is C32H34N2. The van der Waals surface area contributed by atoms with E-state index in [0.29, 0.717) is 0 Å². The lowest BCUT2D eigenvalue weighted by Gasteiger charge is -2.30. The molecule has 4 rings (SSSR count). The molecule has 3 aromatic rings. The van der Waals surface area contributed by atoms with E-state index < -0.39 is 0 Å². The maximum atomic E-state index is 4.34. The summed E-state index contributed by atoms with van der Waals surface area (Å²) in [6.45, 7) is 17.2. The lowest BCUT2D eigenvalue weighted by atomic mass is 9.82. The Balaban J connectivity index is 1.75. The summed E-state index contributed by atoms with van der Waals surface area (Å²) in [5, 5.41) is 0. The molecule has 2 nitrogen and oxygen atoms in total. The largest absolute Gasteiger partial charge is 0.345 e. The molecule has 0 amide bonds. The first-order chi connectivity index (χ1) is 16.3. The fourth-order valence-electron chi connectivity index (χ4n) is 4.98. The summed E-state index contributed by atoms with van der Waals surface area (Å²) in [6, 6.07) is 25.9. The Morgan fingerprint density at radius 1 is 0.794 bits per heavy atom. The van der Waals surface area contributed by atoms with Crippen molar-refractivity contribution in [1.82, 2.24) is 0 Å². The molecule has 1 aliphatic carbocycles. The van der Waals surface area contributed by atoms with Crippen molar-refractivity contribution in [3.05, 3.63) is 132 Å². The van der Waals surface area contributed by atoms with Gasteiger partial charge in [-0.2, -0.15) is 0 Å². The van der Waals surface area contributed by atoms with E-state index in [9.17, 15) is 0 Å². The molecule has 1 aliphatic rings. The number of benzene rings is 3. The molecule has 0 unspecified atom stereocenters. The quantitative estimate of drug-likeness (QED) is 0.336. The van der Waals surface area contributed by atoms with E-state index >= 15 is 0 Å². The van der Waals surface area contributed by atoms with Crippen LogP contribution in [0.2, 0.25) is 0 Å². The Kier molecular flexibility index (Phi) is 6.34. The molecule has 0 radical (unpaired) electrons. The number of allylic oxidation sites excluding steroid dienone is 5. The summed E-state index contributed by atoms with van der Waals surface area (Å²) in [4.78, 5) is 4.39. The molecule has 0 heterocycles. The van der Waals surface area contributed by atoms with Crippen LogP contribution < -0.4 is 9.80 Å². The summed E-state index contributed by atoms with van der Waals surface area (Å²) in [5.74, 6) is 0. The Bertz CT molecular complexity index is 1290. The Morgan fingerprint density at radius 3 is 2.15 bits per heavy atom. The molecule has 0 N–H and O–H groups in total. The van der Waals surface area contributed by atoms with Gasteiger partial charge in [-0.25, -0.2) is 0 Å². The van der Waals surface area contributed by atoms with Gasteiger partial charge >= 0.3 is 0 Å². The second-order valence-corrected chi connectivity index (χ2v) is 9.45. The van der Waals surface area contributed by atoms with Gasteiger partial charge in [0.1, 0.15) is 0 Å². The SMILES string of the molecule is C=C/C=C(\C)N(/C(C)=C/C(=C)N(C)c1ccccc1)c1ccc2c(c1)C(C)(C)c1ccccc1-2. The van der Waals surface area contributed by atoms with Crippen LogP contribution in [0, 0.1) is 0 Å². The van der Waals surface area contributed by atoms with Crippen molar-refractivity contribution in [1.29, 1.82) is 0 Å². The third-order valence-electron chi connectivity index (χ3n) is 6.84. The third-order valence-corrected chi connectivity index (χ3v) is 6.84. The molecule has 0 aromatic heterocycles. The lowest BCUT2D eigenvalue weighted by Crippen LogP contribution is -2.22. The predicted octanol–water partition coefficient (Wildman–Crippen LogP) is 8.44. The van der Waals surface area contributed by atoms with Crippen molar-refractivity contribution in [2.24, 2.45) is 0 Å². The van der Waals surface area contributed by atoms with Crippen molar-refractivity contribution in [3.8, 4) is 11.1 Å². The number of hydrogen-bond acceptors (Lipinski definition) is 2. The highest BCUT2D eigenvalue weighted by atomic mass is 15.2. The maximum absolute atomic E-state index is 4.34. The minimum Gasteiger partial charge on any atom is -0.345 e. The van der Waals surface area contributed by atoms with E-state index in [-0.39, 0.29) is 5.41 Å².